The number of alkyl halides is 3. The van der Waals surface area contributed by atoms with Gasteiger partial charge in [0.15, 0.2) is 0 Å². The first kappa shape index (κ1) is 23.7. The van der Waals surface area contributed by atoms with Crippen LogP contribution in [-0.4, -0.2) is 64.7 Å². The van der Waals surface area contributed by atoms with Crippen molar-refractivity contribution in [2.45, 2.75) is 12.2 Å². The van der Waals surface area contributed by atoms with Crippen molar-refractivity contribution in [2.75, 3.05) is 31.6 Å². The molecular weight excluding hydrogens is 469 g/mol. The lowest BCUT2D eigenvalue weighted by Gasteiger charge is -2.40. The van der Waals surface area contributed by atoms with Crippen LogP contribution >= 0.6 is 0 Å². The topological polar surface area (TPSA) is 125 Å². The van der Waals surface area contributed by atoms with E-state index in [0.29, 0.717) is 17.9 Å². The van der Waals surface area contributed by atoms with Crippen LogP contribution < -0.4 is 4.90 Å². The van der Waals surface area contributed by atoms with Crippen molar-refractivity contribution in [2.24, 2.45) is 0 Å². The van der Waals surface area contributed by atoms with Crippen molar-refractivity contribution in [1.29, 1.82) is 5.26 Å². The number of amides is 1. The van der Waals surface area contributed by atoms with Gasteiger partial charge in [0.05, 0.1) is 19.2 Å². The molecule has 2 aromatic heterocycles. The lowest BCUT2D eigenvalue weighted by molar-refractivity contribution is -0.159. The smallest absolute Gasteiger partial charge is 0.467 e. The minimum Gasteiger partial charge on any atom is -0.467 e. The molecule has 1 unspecified atom stereocenters. The van der Waals surface area contributed by atoms with Gasteiger partial charge in [0, 0.05) is 30.4 Å². The van der Waals surface area contributed by atoms with Gasteiger partial charge in [-0.05, 0) is 24.3 Å². The van der Waals surface area contributed by atoms with Gasteiger partial charge in [-0.1, -0.05) is 17.3 Å². The summed E-state index contributed by atoms with van der Waals surface area (Å²) in [4.78, 5) is 36.5. The first-order chi connectivity index (χ1) is 16.7. The predicted molar refractivity (Wildman–Crippen MR) is 113 cm³/mol. The number of ether oxygens (including phenoxy) is 1. The molecule has 10 nitrogen and oxygen atoms in total. The fraction of sp³-hybridized carbons (Fsp3) is 0.273. The number of carbonyl (C=O) groups excluding carboxylic acids is 2. The molecule has 0 bridgehead atoms. The summed E-state index contributed by atoms with van der Waals surface area (Å²) in [5, 5.41) is 12.3. The van der Waals surface area contributed by atoms with E-state index in [0.717, 1.165) is 0 Å². The molecule has 35 heavy (non-hydrogen) atoms. The molecule has 1 aliphatic rings. The number of pyridine rings is 1. The van der Waals surface area contributed by atoms with Crippen LogP contribution in [0.5, 0.6) is 0 Å². The molecule has 3 aromatic rings. The summed E-state index contributed by atoms with van der Waals surface area (Å²) in [5.41, 5.74) is 0.653. The van der Waals surface area contributed by atoms with Gasteiger partial charge in [-0.3, -0.25) is 4.79 Å². The Morgan fingerprint density at radius 1 is 1.23 bits per heavy atom. The third kappa shape index (κ3) is 4.91. The van der Waals surface area contributed by atoms with Gasteiger partial charge < -0.3 is 19.1 Å². The van der Waals surface area contributed by atoms with Crippen LogP contribution in [0.2, 0.25) is 0 Å². The number of rotatable bonds is 4. The predicted octanol–water partition coefficient (Wildman–Crippen LogP) is 2.53. The third-order valence-corrected chi connectivity index (χ3v) is 5.35. The number of carbonyl (C=O) groups is 2. The van der Waals surface area contributed by atoms with Crippen LogP contribution in [0.15, 0.2) is 47.1 Å². The Hall–Kier alpha value is -4.47. The second-order valence-electron chi connectivity index (χ2n) is 7.50. The number of hydrogen-bond donors (Lipinski definition) is 0. The van der Waals surface area contributed by atoms with Crippen LogP contribution in [0.3, 0.4) is 0 Å². The summed E-state index contributed by atoms with van der Waals surface area (Å²) in [6.45, 7) is 0.583. The maximum Gasteiger partial charge on any atom is 0.471 e. The van der Waals surface area contributed by atoms with Crippen molar-refractivity contribution in [3.63, 3.8) is 0 Å². The highest BCUT2D eigenvalue weighted by Crippen LogP contribution is 2.30. The standard InChI is InChI=1S/C22H17F3N6O4/c1-34-20(33)16-12-30(17-6-5-13(10-26)11-27-17)7-8-31(16)19(32)15-4-2-3-14(9-15)18-28-21(35-29-18)22(23,24)25/h2-6,9,11,16H,7-8,12H2,1H3. The number of hydrogen-bond acceptors (Lipinski definition) is 9. The fourth-order valence-corrected chi connectivity index (χ4v) is 3.62. The summed E-state index contributed by atoms with van der Waals surface area (Å²) in [5.74, 6) is -2.45. The number of anilines is 1. The summed E-state index contributed by atoms with van der Waals surface area (Å²) in [6.07, 6.45) is -3.39. The Morgan fingerprint density at radius 3 is 2.66 bits per heavy atom. The molecule has 0 radical (unpaired) electrons. The van der Waals surface area contributed by atoms with Crippen LogP contribution in [0.4, 0.5) is 19.0 Å². The molecule has 4 rings (SSSR count). The number of aromatic nitrogens is 3. The number of benzene rings is 1. The average Bonchev–Trinajstić information content (AvgIpc) is 3.39. The molecule has 3 heterocycles. The van der Waals surface area contributed by atoms with E-state index in [-0.39, 0.29) is 30.0 Å². The Kier molecular flexibility index (Phi) is 6.37. The van der Waals surface area contributed by atoms with Crippen molar-refractivity contribution < 1.29 is 32.0 Å². The molecule has 0 N–H and O–H groups in total. The van der Waals surface area contributed by atoms with E-state index < -0.39 is 30.0 Å². The second-order valence-corrected chi connectivity index (χ2v) is 7.50. The van der Waals surface area contributed by atoms with Gasteiger partial charge in [-0.15, -0.1) is 0 Å². The SMILES string of the molecule is COC(=O)C1CN(c2ccc(C#N)cn2)CCN1C(=O)c1cccc(-c2noc(C(F)(F)F)n2)c1. The number of halogens is 3. The molecule has 180 valence electrons. The number of nitriles is 1. The average molecular weight is 486 g/mol. The Balaban J connectivity index is 1.57. The van der Waals surface area contributed by atoms with E-state index in [1.807, 2.05) is 6.07 Å². The number of esters is 1. The van der Waals surface area contributed by atoms with Gasteiger partial charge >= 0.3 is 18.0 Å². The van der Waals surface area contributed by atoms with Crippen molar-refractivity contribution in [3.8, 4) is 17.5 Å². The van der Waals surface area contributed by atoms with Gasteiger partial charge in [0.1, 0.15) is 17.9 Å². The third-order valence-electron chi connectivity index (χ3n) is 5.35. The Morgan fingerprint density at radius 2 is 2.03 bits per heavy atom. The van der Waals surface area contributed by atoms with E-state index in [2.05, 4.69) is 19.6 Å². The zero-order valence-electron chi connectivity index (χ0n) is 18.2. The number of nitrogens with zero attached hydrogens (tertiary/aromatic N) is 6. The lowest BCUT2D eigenvalue weighted by atomic mass is 10.1. The Labute approximate surface area is 196 Å². The first-order valence-corrected chi connectivity index (χ1v) is 10.2. The molecule has 1 atom stereocenters. The van der Waals surface area contributed by atoms with E-state index in [4.69, 9.17) is 10.00 Å². The van der Waals surface area contributed by atoms with E-state index in [1.54, 1.807) is 17.0 Å². The molecule has 13 heteroatoms. The van der Waals surface area contributed by atoms with E-state index in [1.165, 1.54) is 42.5 Å². The maximum atomic E-state index is 13.3. The quantitative estimate of drug-likeness (QED) is 0.512. The van der Waals surface area contributed by atoms with Gasteiger partial charge in [0.25, 0.3) is 5.91 Å². The molecule has 1 aromatic carbocycles. The zero-order chi connectivity index (χ0) is 25.2. The van der Waals surface area contributed by atoms with Crippen LogP contribution in [0.1, 0.15) is 21.8 Å². The number of methoxy groups -OCH3 is 1. The molecule has 0 spiro atoms. The highest BCUT2D eigenvalue weighted by atomic mass is 19.4. The van der Waals surface area contributed by atoms with Gasteiger partial charge in [0.2, 0.25) is 5.82 Å². The molecule has 0 saturated carbocycles. The maximum absolute atomic E-state index is 13.3. The van der Waals surface area contributed by atoms with E-state index in [9.17, 15) is 22.8 Å². The number of piperazine rings is 1. The molecular formula is C22H17F3N6O4. The highest BCUT2D eigenvalue weighted by molar-refractivity contribution is 5.98. The van der Waals surface area contributed by atoms with Crippen LogP contribution in [0.25, 0.3) is 11.4 Å². The minimum absolute atomic E-state index is 0.0940. The molecule has 1 aliphatic heterocycles. The van der Waals surface area contributed by atoms with Crippen molar-refractivity contribution in [1.82, 2.24) is 20.0 Å². The summed E-state index contributed by atoms with van der Waals surface area (Å²) in [6, 6.07) is 9.96. The molecule has 1 fully saturated rings. The summed E-state index contributed by atoms with van der Waals surface area (Å²) < 4.78 is 47.5. The lowest BCUT2D eigenvalue weighted by Crippen LogP contribution is -2.58. The van der Waals surface area contributed by atoms with Gasteiger partial charge in [-0.25, -0.2) is 9.78 Å². The fourth-order valence-electron chi connectivity index (χ4n) is 3.62. The van der Waals surface area contributed by atoms with Crippen molar-refractivity contribution >= 4 is 17.7 Å². The zero-order valence-corrected chi connectivity index (χ0v) is 18.2. The van der Waals surface area contributed by atoms with Crippen LogP contribution in [-0.2, 0) is 15.7 Å². The summed E-state index contributed by atoms with van der Waals surface area (Å²) in [7, 11) is 1.21. The molecule has 0 aliphatic carbocycles. The monoisotopic (exact) mass is 486 g/mol. The van der Waals surface area contributed by atoms with Gasteiger partial charge in [-0.2, -0.15) is 23.4 Å². The second kappa shape index (κ2) is 9.41. The van der Waals surface area contributed by atoms with Crippen molar-refractivity contribution in [3.05, 3.63) is 59.6 Å². The largest absolute Gasteiger partial charge is 0.471 e. The molecule has 1 saturated heterocycles. The Bertz CT molecular complexity index is 1290. The van der Waals surface area contributed by atoms with Crippen LogP contribution in [0, 0.1) is 11.3 Å². The molecule has 1 amide bonds. The minimum atomic E-state index is -4.80. The first-order valence-electron chi connectivity index (χ1n) is 10.2. The normalized spacial score (nSPS) is 16.0. The van der Waals surface area contributed by atoms with E-state index >= 15 is 0 Å². The summed E-state index contributed by atoms with van der Waals surface area (Å²) >= 11 is 0. The highest BCUT2D eigenvalue weighted by Gasteiger charge is 2.39.